The Kier molecular flexibility index (Phi) is 5.35. The van der Waals surface area contributed by atoms with Gasteiger partial charge in [-0.25, -0.2) is 0 Å². The van der Waals surface area contributed by atoms with E-state index >= 15 is 0 Å². The van der Waals surface area contributed by atoms with Crippen molar-refractivity contribution in [2.24, 2.45) is 0 Å². The smallest absolute Gasteiger partial charge is 0.255 e. The van der Waals surface area contributed by atoms with Gasteiger partial charge in [-0.05, 0) is 49.4 Å². The summed E-state index contributed by atoms with van der Waals surface area (Å²) in [6.07, 6.45) is 5.30. The SMILES string of the molecule is CCC[C@H]1CC[C@@H](Oc2ccc3c(c2)CN(C2CCC(=O)NC2=O)C3=O)CN1. The van der Waals surface area contributed by atoms with Gasteiger partial charge < -0.3 is 15.0 Å². The first-order valence-corrected chi connectivity index (χ1v) is 10.2. The summed E-state index contributed by atoms with van der Waals surface area (Å²) in [5.74, 6) is -0.0534. The molecule has 0 aliphatic carbocycles. The minimum Gasteiger partial charge on any atom is -0.489 e. The topological polar surface area (TPSA) is 87.7 Å². The second-order valence-electron chi connectivity index (χ2n) is 7.93. The van der Waals surface area contributed by atoms with Crippen LogP contribution in [0.4, 0.5) is 0 Å². The molecular weight excluding hydrogens is 358 g/mol. The molecule has 150 valence electrons. The Morgan fingerprint density at radius 2 is 2.04 bits per heavy atom. The Morgan fingerprint density at radius 3 is 2.75 bits per heavy atom. The van der Waals surface area contributed by atoms with Crippen LogP contribution in [0.2, 0.25) is 0 Å². The highest BCUT2D eigenvalue weighted by molar-refractivity contribution is 6.05. The Hall–Kier alpha value is -2.41. The van der Waals surface area contributed by atoms with E-state index in [0.29, 0.717) is 24.6 Å². The van der Waals surface area contributed by atoms with Crippen LogP contribution >= 0.6 is 0 Å². The summed E-state index contributed by atoms with van der Waals surface area (Å²) in [6, 6.07) is 5.54. The zero-order valence-corrected chi connectivity index (χ0v) is 16.2. The van der Waals surface area contributed by atoms with E-state index in [-0.39, 0.29) is 30.2 Å². The fraction of sp³-hybridized carbons (Fsp3) is 0.571. The normalized spacial score (nSPS) is 27.5. The number of fused-ring (bicyclic) bond motifs is 1. The Balaban J connectivity index is 1.40. The number of hydrogen-bond donors (Lipinski definition) is 2. The first-order chi connectivity index (χ1) is 13.5. The lowest BCUT2D eigenvalue weighted by Crippen LogP contribution is -2.52. The highest BCUT2D eigenvalue weighted by Crippen LogP contribution is 2.31. The third-order valence-corrected chi connectivity index (χ3v) is 5.91. The molecule has 28 heavy (non-hydrogen) atoms. The predicted octanol–water partition coefficient (Wildman–Crippen LogP) is 1.75. The number of amides is 3. The van der Waals surface area contributed by atoms with Crippen LogP contribution < -0.4 is 15.4 Å². The molecule has 0 spiro atoms. The number of nitrogens with zero attached hydrogens (tertiary/aromatic N) is 1. The maximum atomic E-state index is 12.7. The van der Waals surface area contributed by atoms with Gasteiger partial charge in [-0.15, -0.1) is 0 Å². The third-order valence-electron chi connectivity index (χ3n) is 5.91. The van der Waals surface area contributed by atoms with Crippen LogP contribution in [0.1, 0.15) is 61.4 Å². The average Bonchev–Trinajstić information content (AvgIpc) is 2.99. The summed E-state index contributed by atoms with van der Waals surface area (Å²) in [5.41, 5.74) is 1.49. The van der Waals surface area contributed by atoms with Crippen LogP contribution in [0.25, 0.3) is 0 Å². The van der Waals surface area contributed by atoms with E-state index in [1.165, 1.54) is 12.8 Å². The maximum absolute atomic E-state index is 12.7. The van der Waals surface area contributed by atoms with Crippen molar-refractivity contribution in [2.45, 2.75) is 70.2 Å². The van der Waals surface area contributed by atoms with E-state index in [9.17, 15) is 14.4 Å². The molecule has 0 saturated carbocycles. The van der Waals surface area contributed by atoms with Crippen LogP contribution in [0.5, 0.6) is 5.75 Å². The molecule has 3 atom stereocenters. The number of ether oxygens (including phenoxy) is 1. The van der Waals surface area contributed by atoms with Crippen molar-refractivity contribution in [3.05, 3.63) is 29.3 Å². The molecular formula is C21H27N3O4. The van der Waals surface area contributed by atoms with Crippen LogP contribution in [0, 0.1) is 0 Å². The summed E-state index contributed by atoms with van der Waals surface area (Å²) in [5, 5.41) is 5.88. The van der Waals surface area contributed by atoms with E-state index in [2.05, 4.69) is 17.6 Å². The molecule has 2 fully saturated rings. The van der Waals surface area contributed by atoms with Crippen molar-refractivity contribution in [3.63, 3.8) is 0 Å². The monoisotopic (exact) mass is 385 g/mol. The molecule has 1 unspecified atom stereocenters. The van der Waals surface area contributed by atoms with E-state index in [0.717, 1.165) is 30.7 Å². The molecule has 2 saturated heterocycles. The quantitative estimate of drug-likeness (QED) is 0.754. The van der Waals surface area contributed by atoms with Gasteiger partial charge in [0.25, 0.3) is 5.91 Å². The molecule has 0 radical (unpaired) electrons. The summed E-state index contributed by atoms with van der Waals surface area (Å²) in [7, 11) is 0. The summed E-state index contributed by atoms with van der Waals surface area (Å²) < 4.78 is 6.14. The Morgan fingerprint density at radius 1 is 1.18 bits per heavy atom. The Labute approximate surface area is 164 Å². The molecule has 1 aromatic rings. The predicted molar refractivity (Wildman–Crippen MR) is 103 cm³/mol. The number of nitrogens with one attached hydrogen (secondary N) is 2. The average molecular weight is 385 g/mol. The molecule has 3 heterocycles. The number of hydrogen-bond acceptors (Lipinski definition) is 5. The van der Waals surface area contributed by atoms with Gasteiger partial charge in [0.1, 0.15) is 17.9 Å². The molecule has 7 nitrogen and oxygen atoms in total. The van der Waals surface area contributed by atoms with Gasteiger partial charge in [0.2, 0.25) is 11.8 Å². The second kappa shape index (κ2) is 7.91. The molecule has 3 aliphatic heterocycles. The zero-order valence-electron chi connectivity index (χ0n) is 16.2. The summed E-state index contributed by atoms with van der Waals surface area (Å²) in [4.78, 5) is 37.8. The number of carbonyl (C=O) groups excluding carboxylic acids is 3. The lowest BCUT2D eigenvalue weighted by molar-refractivity contribution is -0.136. The van der Waals surface area contributed by atoms with Crippen LogP contribution in [-0.2, 0) is 16.1 Å². The van der Waals surface area contributed by atoms with E-state index < -0.39 is 6.04 Å². The molecule has 4 rings (SSSR count). The second-order valence-corrected chi connectivity index (χ2v) is 7.93. The standard InChI is InChI=1S/C21H27N3O4/c1-2-3-14-4-5-16(11-22-14)28-15-6-7-17-13(10-15)12-24(21(17)27)18-8-9-19(25)23-20(18)26/h6-7,10,14,16,18,22H,2-5,8-9,11-12H2,1H3,(H,23,25,26)/t14-,16+,18?/m0/s1. The van der Waals surface area contributed by atoms with Gasteiger partial charge in [0.05, 0.1) is 0 Å². The van der Waals surface area contributed by atoms with E-state index in [1.807, 2.05) is 12.1 Å². The van der Waals surface area contributed by atoms with Crippen molar-refractivity contribution < 1.29 is 19.1 Å². The van der Waals surface area contributed by atoms with Crippen molar-refractivity contribution in [1.29, 1.82) is 0 Å². The van der Waals surface area contributed by atoms with Gasteiger partial charge in [-0.3, -0.25) is 19.7 Å². The first kappa shape index (κ1) is 18.9. The molecule has 0 aromatic heterocycles. The zero-order chi connectivity index (χ0) is 19.7. The van der Waals surface area contributed by atoms with E-state index in [1.54, 1.807) is 11.0 Å². The van der Waals surface area contributed by atoms with Gasteiger partial charge in [-0.2, -0.15) is 0 Å². The van der Waals surface area contributed by atoms with Crippen molar-refractivity contribution in [3.8, 4) is 5.75 Å². The fourth-order valence-electron chi connectivity index (χ4n) is 4.40. The van der Waals surface area contributed by atoms with Crippen LogP contribution in [0.3, 0.4) is 0 Å². The van der Waals surface area contributed by atoms with Crippen molar-refractivity contribution in [1.82, 2.24) is 15.5 Å². The Bertz CT molecular complexity index is 786. The summed E-state index contributed by atoms with van der Waals surface area (Å²) in [6.45, 7) is 3.41. The third kappa shape index (κ3) is 3.76. The van der Waals surface area contributed by atoms with Gasteiger partial charge >= 0.3 is 0 Å². The molecule has 1 aromatic carbocycles. The largest absolute Gasteiger partial charge is 0.489 e. The van der Waals surface area contributed by atoms with Crippen LogP contribution in [-0.4, -0.2) is 47.4 Å². The molecule has 2 N–H and O–H groups in total. The lowest BCUT2D eigenvalue weighted by Gasteiger charge is -2.30. The van der Waals surface area contributed by atoms with Crippen molar-refractivity contribution >= 4 is 17.7 Å². The summed E-state index contributed by atoms with van der Waals surface area (Å²) >= 11 is 0. The van der Waals surface area contributed by atoms with Crippen LogP contribution in [0.15, 0.2) is 18.2 Å². The lowest BCUT2D eigenvalue weighted by atomic mass is 9.99. The van der Waals surface area contributed by atoms with Crippen molar-refractivity contribution in [2.75, 3.05) is 6.54 Å². The minimum absolute atomic E-state index is 0.134. The maximum Gasteiger partial charge on any atom is 0.255 e. The number of piperidine rings is 2. The number of benzene rings is 1. The minimum atomic E-state index is -0.583. The highest BCUT2D eigenvalue weighted by atomic mass is 16.5. The van der Waals surface area contributed by atoms with Gasteiger partial charge in [0, 0.05) is 31.1 Å². The fourth-order valence-corrected chi connectivity index (χ4v) is 4.40. The highest BCUT2D eigenvalue weighted by Gasteiger charge is 2.39. The van der Waals surface area contributed by atoms with Gasteiger partial charge in [0.15, 0.2) is 0 Å². The number of imide groups is 1. The molecule has 3 aliphatic rings. The number of carbonyl (C=O) groups is 3. The molecule has 3 amide bonds. The van der Waals surface area contributed by atoms with E-state index in [4.69, 9.17) is 4.74 Å². The number of rotatable bonds is 5. The first-order valence-electron chi connectivity index (χ1n) is 10.2. The molecule has 7 heteroatoms. The van der Waals surface area contributed by atoms with Gasteiger partial charge in [-0.1, -0.05) is 13.3 Å². The molecule has 0 bridgehead atoms.